The molecular formula is C66H129NO5. The molecule has 0 heterocycles. The van der Waals surface area contributed by atoms with Gasteiger partial charge in [0, 0.05) is 12.8 Å². The third-order valence-corrected chi connectivity index (χ3v) is 15.6. The Morgan fingerprint density at radius 3 is 0.986 bits per heavy atom. The minimum Gasteiger partial charge on any atom is -0.466 e. The van der Waals surface area contributed by atoms with Gasteiger partial charge < -0.3 is 20.3 Å². The van der Waals surface area contributed by atoms with Crippen LogP contribution in [-0.2, 0) is 14.3 Å². The van der Waals surface area contributed by atoms with Crippen molar-refractivity contribution in [3.8, 4) is 0 Å². The lowest BCUT2D eigenvalue weighted by Gasteiger charge is -2.22. The van der Waals surface area contributed by atoms with E-state index in [0.29, 0.717) is 25.9 Å². The summed E-state index contributed by atoms with van der Waals surface area (Å²) in [5.41, 5.74) is 0. The number of ether oxygens (including phenoxy) is 1. The summed E-state index contributed by atoms with van der Waals surface area (Å²) < 4.78 is 5.49. The Hall–Kier alpha value is -1.40. The van der Waals surface area contributed by atoms with Gasteiger partial charge in [0.05, 0.1) is 25.4 Å². The fourth-order valence-corrected chi connectivity index (χ4v) is 10.5. The lowest BCUT2D eigenvalue weighted by molar-refractivity contribution is -0.143. The monoisotopic (exact) mass is 1020 g/mol. The van der Waals surface area contributed by atoms with Crippen LogP contribution in [0.4, 0.5) is 0 Å². The third-order valence-electron chi connectivity index (χ3n) is 15.6. The van der Waals surface area contributed by atoms with Crippen molar-refractivity contribution in [2.24, 2.45) is 0 Å². The number of aliphatic hydroxyl groups is 2. The molecule has 2 unspecified atom stereocenters. The number of rotatable bonds is 62. The van der Waals surface area contributed by atoms with Crippen molar-refractivity contribution >= 4 is 11.9 Å². The van der Waals surface area contributed by atoms with Crippen LogP contribution in [0, 0.1) is 0 Å². The normalized spacial score (nSPS) is 12.6. The molecule has 0 aromatic heterocycles. The van der Waals surface area contributed by atoms with Crippen LogP contribution in [0.5, 0.6) is 0 Å². The third kappa shape index (κ3) is 57.9. The van der Waals surface area contributed by atoms with Crippen LogP contribution in [0.1, 0.15) is 373 Å². The summed E-state index contributed by atoms with van der Waals surface area (Å²) >= 11 is 0. The number of carbonyl (C=O) groups excluding carboxylic acids is 2. The summed E-state index contributed by atoms with van der Waals surface area (Å²) in [7, 11) is 0. The van der Waals surface area contributed by atoms with Gasteiger partial charge in [-0.3, -0.25) is 9.59 Å². The lowest BCUT2D eigenvalue weighted by Crippen LogP contribution is -2.45. The predicted molar refractivity (Wildman–Crippen MR) is 315 cm³/mol. The van der Waals surface area contributed by atoms with E-state index in [1.54, 1.807) is 0 Å². The second-order valence-corrected chi connectivity index (χ2v) is 22.8. The molecule has 3 N–H and O–H groups in total. The number of hydrogen-bond donors (Lipinski definition) is 3. The van der Waals surface area contributed by atoms with Crippen LogP contribution < -0.4 is 5.32 Å². The molecule has 0 aromatic rings. The molecule has 428 valence electrons. The van der Waals surface area contributed by atoms with Crippen LogP contribution in [0.25, 0.3) is 0 Å². The van der Waals surface area contributed by atoms with Crippen LogP contribution in [0.3, 0.4) is 0 Å². The van der Waals surface area contributed by atoms with Crippen molar-refractivity contribution < 1.29 is 24.5 Å². The second-order valence-electron chi connectivity index (χ2n) is 22.8. The molecule has 72 heavy (non-hydrogen) atoms. The molecular weight excluding hydrogens is 887 g/mol. The van der Waals surface area contributed by atoms with E-state index in [4.69, 9.17) is 4.74 Å². The van der Waals surface area contributed by atoms with Crippen LogP contribution >= 0.6 is 0 Å². The van der Waals surface area contributed by atoms with E-state index in [0.717, 1.165) is 44.9 Å². The summed E-state index contributed by atoms with van der Waals surface area (Å²) in [6.45, 7) is 4.96. The van der Waals surface area contributed by atoms with E-state index < -0.39 is 12.1 Å². The Morgan fingerprint density at radius 1 is 0.375 bits per heavy atom. The maximum absolute atomic E-state index is 12.5. The number of allylic oxidation sites excluding steroid dienone is 2. The molecule has 0 aromatic carbocycles. The topological polar surface area (TPSA) is 95.9 Å². The molecule has 0 aliphatic heterocycles. The molecule has 0 bridgehead atoms. The Kier molecular flexibility index (Phi) is 60.9. The first-order valence-electron chi connectivity index (χ1n) is 32.9. The highest BCUT2D eigenvalue weighted by Crippen LogP contribution is 2.19. The van der Waals surface area contributed by atoms with Gasteiger partial charge in [0.2, 0.25) is 5.91 Å². The van der Waals surface area contributed by atoms with Crippen molar-refractivity contribution in [3.05, 3.63) is 12.2 Å². The summed E-state index contributed by atoms with van der Waals surface area (Å²) in [6.07, 6.45) is 75.4. The van der Waals surface area contributed by atoms with Crippen LogP contribution in [-0.4, -0.2) is 47.4 Å². The number of unbranched alkanes of at least 4 members (excludes halogenated alkanes) is 49. The highest BCUT2D eigenvalue weighted by Gasteiger charge is 2.20. The first-order chi connectivity index (χ1) is 35.5. The van der Waals surface area contributed by atoms with Gasteiger partial charge in [-0.25, -0.2) is 0 Å². The zero-order chi connectivity index (χ0) is 52.2. The molecule has 0 aliphatic rings. The molecule has 6 heteroatoms. The first-order valence-corrected chi connectivity index (χ1v) is 32.9. The van der Waals surface area contributed by atoms with Gasteiger partial charge in [-0.15, -0.1) is 0 Å². The standard InChI is InChI=1S/C66H129NO5/c1-3-5-7-9-11-13-15-16-32-36-40-44-48-52-56-60-66(71)72-61-57-53-49-45-41-37-34-31-29-27-25-23-21-19-17-18-20-22-24-26-28-30-33-35-39-43-47-51-55-59-65(70)67-63(62-68)64(69)58-54-50-46-42-38-14-12-10-8-6-4-2/h16,32,63-64,68-69H,3-15,17-31,33-62H2,1-2H3,(H,67,70)/b32-16-. The molecule has 0 saturated heterocycles. The summed E-state index contributed by atoms with van der Waals surface area (Å²) in [4.78, 5) is 24.5. The van der Waals surface area contributed by atoms with E-state index in [9.17, 15) is 19.8 Å². The summed E-state index contributed by atoms with van der Waals surface area (Å²) in [6, 6.07) is -0.536. The molecule has 6 nitrogen and oxygen atoms in total. The van der Waals surface area contributed by atoms with Gasteiger partial charge in [-0.05, 0) is 51.4 Å². The molecule has 0 fully saturated rings. The molecule has 0 radical (unpaired) electrons. The van der Waals surface area contributed by atoms with Crippen molar-refractivity contribution in [3.63, 3.8) is 0 Å². The number of carbonyl (C=O) groups is 2. The Morgan fingerprint density at radius 2 is 0.653 bits per heavy atom. The lowest BCUT2D eigenvalue weighted by atomic mass is 10.0. The van der Waals surface area contributed by atoms with Gasteiger partial charge >= 0.3 is 5.97 Å². The molecule has 0 spiro atoms. The van der Waals surface area contributed by atoms with Crippen LogP contribution in [0.2, 0.25) is 0 Å². The van der Waals surface area contributed by atoms with Gasteiger partial charge in [0.1, 0.15) is 0 Å². The summed E-state index contributed by atoms with van der Waals surface area (Å²) in [5, 5.41) is 23.2. The number of aliphatic hydroxyl groups excluding tert-OH is 2. The molecule has 0 aliphatic carbocycles. The van der Waals surface area contributed by atoms with Gasteiger partial charge in [0.25, 0.3) is 0 Å². The first kappa shape index (κ1) is 70.6. The maximum atomic E-state index is 12.5. The number of esters is 1. The average Bonchev–Trinajstić information content (AvgIpc) is 3.38. The van der Waals surface area contributed by atoms with Gasteiger partial charge in [0.15, 0.2) is 0 Å². The molecule has 1 amide bonds. The predicted octanol–water partition coefficient (Wildman–Crippen LogP) is 20.8. The van der Waals surface area contributed by atoms with Crippen molar-refractivity contribution in [1.82, 2.24) is 5.32 Å². The second kappa shape index (κ2) is 62.1. The van der Waals surface area contributed by atoms with Gasteiger partial charge in [-0.2, -0.15) is 0 Å². The van der Waals surface area contributed by atoms with Crippen LogP contribution in [0.15, 0.2) is 12.2 Å². The van der Waals surface area contributed by atoms with E-state index in [-0.39, 0.29) is 18.5 Å². The Balaban J connectivity index is 3.31. The Labute approximate surface area is 450 Å². The number of hydrogen-bond acceptors (Lipinski definition) is 5. The molecule has 2 atom stereocenters. The quantitative estimate of drug-likeness (QED) is 0.0320. The SMILES string of the molecule is CCCCCCCC/C=C\CCCCCCCC(=O)OCCCCCCCCCCCCCCCCCCCCCCCCCCCCCCCC(=O)NC(CO)C(O)CCCCCCCCCCCCC. The fourth-order valence-electron chi connectivity index (χ4n) is 10.5. The van der Waals surface area contributed by atoms with Crippen molar-refractivity contribution in [1.29, 1.82) is 0 Å². The number of nitrogens with one attached hydrogen (secondary N) is 1. The highest BCUT2D eigenvalue weighted by atomic mass is 16.5. The Bertz CT molecular complexity index is 1080. The smallest absolute Gasteiger partial charge is 0.305 e. The minimum atomic E-state index is -0.659. The average molecular weight is 1020 g/mol. The highest BCUT2D eigenvalue weighted by molar-refractivity contribution is 5.76. The fraction of sp³-hybridized carbons (Fsp3) is 0.939. The zero-order valence-electron chi connectivity index (χ0n) is 48.9. The van der Waals surface area contributed by atoms with E-state index in [1.165, 1.54) is 295 Å². The maximum Gasteiger partial charge on any atom is 0.305 e. The summed E-state index contributed by atoms with van der Waals surface area (Å²) in [5.74, 6) is -0.0184. The molecule has 0 saturated carbocycles. The van der Waals surface area contributed by atoms with E-state index in [2.05, 4.69) is 31.3 Å². The minimum absolute atomic E-state index is 0.0121. The van der Waals surface area contributed by atoms with E-state index in [1.807, 2.05) is 0 Å². The van der Waals surface area contributed by atoms with E-state index >= 15 is 0 Å². The zero-order valence-corrected chi connectivity index (χ0v) is 48.9. The van der Waals surface area contributed by atoms with Crippen molar-refractivity contribution in [2.75, 3.05) is 13.2 Å². The van der Waals surface area contributed by atoms with Crippen molar-refractivity contribution in [2.45, 2.75) is 386 Å². The largest absolute Gasteiger partial charge is 0.466 e. The van der Waals surface area contributed by atoms with Gasteiger partial charge in [-0.1, -0.05) is 321 Å². The molecule has 0 rings (SSSR count). The number of amides is 1.